The van der Waals surface area contributed by atoms with E-state index in [1.807, 2.05) is 6.07 Å². The second-order valence-electron chi connectivity index (χ2n) is 4.97. The highest BCUT2D eigenvalue weighted by Crippen LogP contribution is 2.21. The molecule has 1 atom stereocenters. The van der Waals surface area contributed by atoms with E-state index in [9.17, 15) is 4.79 Å². The van der Waals surface area contributed by atoms with Gasteiger partial charge in [0.15, 0.2) is 0 Å². The molecule has 96 valence electrons. The van der Waals surface area contributed by atoms with Gasteiger partial charge in [-0.1, -0.05) is 13.8 Å². The Morgan fingerprint density at radius 1 is 1.41 bits per heavy atom. The highest BCUT2D eigenvalue weighted by molar-refractivity contribution is 5.80. The van der Waals surface area contributed by atoms with Crippen molar-refractivity contribution in [3.05, 3.63) is 24.2 Å². The summed E-state index contributed by atoms with van der Waals surface area (Å²) in [7, 11) is 0. The maximum Gasteiger partial charge on any atom is 0.137 e. The SMILES string of the molecule is CC(C)C(CCN)CCC(=O)Cc1ccoc1. The van der Waals surface area contributed by atoms with Crippen LogP contribution in [0.25, 0.3) is 0 Å². The Balaban J connectivity index is 2.31. The monoisotopic (exact) mass is 237 g/mol. The molecule has 0 amide bonds. The molecule has 0 aromatic carbocycles. The molecule has 0 bridgehead atoms. The predicted octanol–water partition coefficient (Wildman–Crippen LogP) is 2.79. The van der Waals surface area contributed by atoms with Crippen molar-refractivity contribution in [1.29, 1.82) is 0 Å². The Bertz CT molecular complexity index is 317. The largest absolute Gasteiger partial charge is 0.472 e. The van der Waals surface area contributed by atoms with Gasteiger partial charge in [-0.2, -0.15) is 0 Å². The summed E-state index contributed by atoms with van der Waals surface area (Å²) in [6.45, 7) is 5.10. The molecule has 1 heterocycles. The smallest absolute Gasteiger partial charge is 0.137 e. The molecular weight excluding hydrogens is 214 g/mol. The minimum Gasteiger partial charge on any atom is -0.472 e. The first-order valence-corrected chi connectivity index (χ1v) is 6.36. The molecule has 1 unspecified atom stereocenters. The Morgan fingerprint density at radius 2 is 2.18 bits per heavy atom. The number of ketones is 1. The van der Waals surface area contributed by atoms with E-state index in [4.69, 9.17) is 10.2 Å². The van der Waals surface area contributed by atoms with Crippen LogP contribution in [0.1, 0.15) is 38.7 Å². The molecular formula is C14H23NO2. The third kappa shape index (κ3) is 5.18. The molecule has 0 fully saturated rings. The van der Waals surface area contributed by atoms with Crippen molar-refractivity contribution in [3.63, 3.8) is 0 Å². The average Bonchev–Trinajstić information content (AvgIpc) is 2.76. The minimum atomic E-state index is 0.286. The summed E-state index contributed by atoms with van der Waals surface area (Å²) in [4.78, 5) is 11.8. The molecule has 0 radical (unpaired) electrons. The molecule has 1 rings (SSSR count). The third-order valence-electron chi connectivity index (χ3n) is 3.26. The molecule has 0 aliphatic heterocycles. The Kier molecular flexibility index (Phi) is 5.98. The quantitative estimate of drug-likeness (QED) is 0.756. The van der Waals surface area contributed by atoms with Crippen molar-refractivity contribution in [1.82, 2.24) is 0 Å². The minimum absolute atomic E-state index is 0.286. The fraction of sp³-hybridized carbons (Fsp3) is 0.643. The summed E-state index contributed by atoms with van der Waals surface area (Å²) < 4.78 is 4.95. The lowest BCUT2D eigenvalue weighted by Crippen LogP contribution is -2.16. The van der Waals surface area contributed by atoms with Crippen molar-refractivity contribution < 1.29 is 9.21 Å². The first-order valence-electron chi connectivity index (χ1n) is 6.36. The van der Waals surface area contributed by atoms with Crippen molar-refractivity contribution in [2.75, 3.05) is 6.54 Å². The van der Waals surface area contributed by atoms with Gasteiger partial charge in [-0.05, 0) is 42.9 Å². The normalized spacial score (nSPS) is 12.9. The van der Waals surface area contributed by atoms with Crippen molar-refractivity contribution in [3.8, 4) is 0 Å². The van der Waals surface area contributed by atoms with Gasteiger partial charge in [-0.15, -0.1) is 0 Å². The van der Waals surface area contributed by atoms with Gasteiger partial charge in [0, 0.05) is 12.8 Å². The zero-order valence-corrected chi connectivity index (χ0v) is 10.8. The molecule has 1 aromatic heterocycles. The van der Waals surface area contributed by atoms with E-state index in [2.05, 4.69) is 13.8 Å². The van der Waals surface area contributed by atoms with Crippen LogP contribution in [0.4, 0.5) is 0 Å². The number of carbonyl (C=O) groups excluding carboxylic acids is 1. The molecule has 17 heavy (non-hydrogen) atoms. The van der Waals surface area contributed by atoms with Gasteiger partial charge in [0.1, 0.15) is 5.78 Å². The van der Waals surface area contributed by atoms with Gasteiger partial charge in [-0.3, -0.25) is 4.79 Å². The van der Waals surface area contributed by atoms with Gasteiger partial charge >= 0.3 is 0 Å². The van der Waals surface area contributed by atoms with Crippen LogP contribution in [0.15, 0.2) is 23.0 Å². The number of carbonyl (C=O) groups is 1. The van der Waals surface area contributed by atoms with E-state index < -0.39 is 0 Å². The Labute approximate surface area is 103 Å². The zero-order chi connectivity index (χ0) is 12.7. The second-order valence-corrected chi connectivity index (χ2v) is 4.97. The van der Waals surface area contributed by atoms with E-state index in [0.29, 0.717) is 31.2 Å². The molecule has 3 nitrogen and oxygen atoms in total. The number of nitrogens with two attached hydrogens (primary N) is 1. The lowest BCUT2D eigenvalue weighted by molar-refractivity contribution is -0.118. The molecule has 2 N–H and O–H groups in total. The van der Waals surface area contributed by atoms with Crippen LogP contribution in [0.5, 0.6) is 0 Å². The van der Waals surface area contributed by atoms with Crippen LogP contribution in [-0.2, 0) is 11.2 Å². The molecule has 0 saturated carbocycles. The fourth-order valence-corrected chi connectivity index (χ4v) is 2.08. The van der Waals surface area contributed by atoms with Crippen LogP contribution in [0.2, 0.25) is 0 Å². The third-order valence-corrected chi connectivity index (χ3v) is 3.26. The van der Waals surface area contributed by atoms with Crippen LogP contribution in [0.3, 0.4) is 0 Å². The van der Waals surface area contributed by atoms with Gasteiger partial charge in [0.2, 0.25) is 0 Å². The van der Waals surface area contributed by atoms with Crippen molar-refractivity contribution in [2.24, 2.45) is 17.6 Å². The van der Waals surface area contributed by atoms with Crippen LogP contribution in [-0.4, -0.2) is 12.3 Å². The molecule has 0 spiro atoms. The van der Waals surface area contributed by atoms with Crippen molar-refractivity contribution in [2.45, 2.75) is 39.5 Å². The second kappa shape index (κ2) is 7.28. The zero-order valence-electron chi connectivity index (χ0n) is 10.8. The molecule has 0 aliphatic rings. The standard InChI is InChI=1S/C14H23NO2/c1-11(2)13(5-7-15)3-4-14(16)9-12-6-8-17-10-12/h6,8,10-11,13H,3-5,7,9,15H2,1-2H3. The summed E-state index contributed by atoms with van der Waals surface area (Å²) in [6.07, 6.45) is 6.34. The van der Waals surface area contributed by atoms with E-state index in [0.717, 1.165) is 18.4 Å². The maximum atomic E-state index is 11.8. The van der Waals surface area contributed by atoms with Gasteiger partial charge < -0.3 is 10.2 Å². The summed E-state index contributed by atoms with van der Waals surface area (Å²) in [6, 6.07) is 1.84. The van der Waals surface area contributed by atoms with Gasteiger partial charge in [0.25, 0.3) is 0 Å². The van der Waals surface area contributed by atoms with Crippen molar-refractivity contribution >= 4 is 5.78 Å². The van der Waals surface area contributed by atoms with E-state index in [-0.39, 0.29) is 5.78 Å². The van der Waals surface area contributed by atoms with Gasteiger partial charge in [-0.25, -0.2) is 0 Å². The highest BCUT2D eigenvalue weighted by Gasteiger charge is 2.14. The topological polar surface area (TPSA) is 56.2 Å². The van der Waals surface area contributed by atoms with Crippen LogP contribution < -0.4 is 5.73 Å². The van der Waals surface area contributed by atoms with Crippen LogP contribution >= 0.6 is 0 Å². The number of hydrogen-bond donors (Lipinski definition) is 1. The molecule has 3 heteroatoms. The maximum absolute atomic E-state index is 11.8. The first kappa shape index (κ1) is 14.0. The molecule has 1 aromatic rings. The van der Waals surface area contributed by atoms with Crippen LogP contribution in [0, 0.1) is 11.8 Å². The summed E-state index contributed by atoms with van der Waals surface area (Å²) in [5.41, 5.74) is 6.55. The molecule has 0 saturated heterocycles. The lowest BCUT2D eigenvalue weighted by atomic mass is 9.87. The first-order chi connectivity index (χ1) is 8.13. The number of hydrogen-bond acceptors (Lipinski definition) is 3. The molecule has 0 aliphatic carbocycles. The van der Waals surface area contributed by atoms with Gasteiger partial charge in [0.05, 0.1) is 12.5 Å². The summed E-state index contributed by atoms with van der Waals surface area (Å²) in [5.74, 6) is 1.45. The van der Waals surface area contributed by atoms with E-state index in [1.54, 1.807) is 12.5 Å². The predicted molar refractivity (Wildman–Crippen MR) is 68.7 cm³/mol. The van der Waals surface area contributed by atoms with E-state index >= 15 is 0 Å². The average molecular weight is 237 g/mol. The number of Topliss-reactive ketones (excluding diaryl/α,β-unsaturated/α-hetero) is 1. The Hall–Kier alpha value is -1.09. The summed E-state index contributed by atoms with van der Waals surface area (Å²) in [5, 5.41) is 0. The number of rotatable bonds is 8. The Morgan fingerprint density at radius 3 is 2.71 bits per heavy atom. The lowest BCUT2D eigenvalue weighted by Gasteiger charge is -2.19. The highest BCUT2D eigenvalue weighted by atomic mass is 16.3. The number of furan rings is 1. The fourth-order valence-electron chi connectivity index (χ4n) is 2.08. The van der Waals surface area contributed by atoms with E-state index in [1.165, 1.54) is 0 Å². The summed E-state index contributed by atoms with van der Waals surface area (Å²) >= 11 is 0.